The summed E-state index contributed by atoms with van der Waals surface area (Å²) >= 11 is -3.43. The van der Waals surface area contributed by atoms with Gasteiger partial charge in [0.1, 0.15) is 0 Å². The van der Waals surface area contributed by atoms with Gasteiger partial charge >= 0.3 is 464 Å². The molecule has 7 aromatic carbocycles. The van der Waals surface area contributed by atoms with E-state index in [1.165, 1.54) is 32.0 Å². The van der Waals surface area contributed by atoms with Crippen molar-refractivity contribution < 1.29 is 51.7 Å². The summed E-state index contributed by atoms with van der Waals surface area (Å²) in [5.41, 5.74) is 9.58. The Morgan fingerprint density at radius 1 is 0.311 bits per heavy atom. The van der Waals surface area contributed by atoms with E-state index in [0.717, 1.165) is 0 Å². The molecule has 74 heavy (non-hydrogen) atoms. The molecule has 2 aromatic heterocycles. The van der Waals surface area contributed by atoms with Gasteiger partial charge in [-0.25, -0.2) is 0 Å². The summed E-state index contributed by atoms with van der Waals surface area (Å²) in [4.78, 5) is 25.5. The van der Waals surface area contributed by atoms with E-state index >= 15 is 0 Å². The van der Waals surface area contributed by atoms with E-state index in [4.69, 9.17) is 16.4 Å². The van der Waals surface area contributed by atoms with Gasteiger partial charge in [0.25, 0.3) is 0 Å². The summed E-state index contributed by atoms with van der Waals surface area (Å²) in [6.07, 6.45) is 6.26. The van der Waals surface area contributed by atoms with Crippen molar-refractivity contribution in [2.45, 2.75) is 0 Å². The molecule has 0 atom stereocenters. The standard InChI is InChI=1S/C60H42N12.2Pt/c1-63-39-67(55-23-7-5-21-53(55)63)45-13-9-17-49(33-45)71(51-19-11-15-47(35-51)69-41-65(3)59-37-61-31-29-57(59)69)43-25-27-44(28-26-43)72(50-18-10-14-46(34-50)68-40-64(2)54-22-6-8-24-56(54)68)52-20-12-16-48(36-52)70-42-66(4)60-38-62-32-30-58(60)70;;/h5-32,37-38H,1-4H3;;/q-4;;/i1D3,2D3,3D3,4D3;;. The van der Waals surface area contributed by atoms with Gasteiger partial charge in [-0.3, -0.25) is 0 Å². The molecule has 0 radical (unpaired) electrons. The molecule has 6 aliphatic rings. The van der Waals surface area contributed by atoms with E-state index in [0.29, 0.717) is 119 Å². The van der Waals surface area contributed by atoms with Crippen LogP contribution in [-0.4, -0.2) is 54.5 Å². The van der Waals surface area contributed by atoms with Crippen molar-refractivity contribution in [3.05, 3.63) is 207 Å². The minimum absolute atomic E-state index is 0.340. The molecule has 15 rings (SSSR count). The van der Waals surface area contributed by atoms with E-state index in [1.807, 2.05) is 151 Å². The van der Waals surface area contributed by atoms with Crippen molar-refractivity contribution in [3.8, 4) is 0 Å². The predicted octanol–water partition coefficient (Wildman–Crippen LogP) is 11.5. The second-order valence-electron chi connectivity index (χ2n) is 17.4. The van der Waals surface area contributed by atoms with Crippen molar-refractivity contribution in [1.29, 1.82) is 0 Å². The summed E-state index contributed by atoms with van der Waals surface area (Å²) in [7, 11) is 0. The summed E-state index contributed by atoms with van der Waals surface area (Å²) < 4.78 is 109. The summed E-state index contributed by atoms with van der Waals surface area (Å²) in [6.45, 7) is -10.8. The molecule has 8 heterocycles. The van der Waals surface area contributed by atoms with Crippen molar-refractivity contribution in [2.75, 3.05) is 76.9 Å². The molecule has 0 N–H and O–H groups in total. The molecule has 0 fully saturated rings. The third-order valence-electron chi connectivity index (χ3n) is 13.2. The van der Waals surface area contributed by atoms with Crippen LogP contribution in [0.3, 0.4) is 0 Å². The molecule has 8 bridgehead atoms. The predicted molar refractivity (Wildman–Crippen MR) is 295 cm³/mol. The molecule has 0 saturated heterocycles. The molecule has 14 heteroatoms. The van der Waals surface area contributed by atoms with Gasteiger partial charge in [0.15, 0.2) is 0 Å². The summed E-state index contributed by atoms with van der Waals surface area (Å²) in [5.74, 6) is 0. The minimum atomic E-state index is -2.71. The van der Waals surface area contributed by atoms with E-state index in [-0.39, 0.29) is 0 Å². The number of fused-ring (bicyclic) bond motifs is 24. The molecule has 9 aromatic rings. The van der Waals surface area contributed by atoms with Crippen LogP contribution in [-0.2, 0) is 35.3 Å². The SMILES string of the molecule is [2H]C([2H])([2H])N1[C]2=[Pt]=[C]3N(c4[c-]c(ccc4)N(c4ccc(N5c6[c-]c(ccc6)N6[C](=[Pt]=[C]7N(c8[c-]c5ccc8)c5ccncc5N7C([2H])([2H])[2H])N(C([2H])([2H])[2H])c5ccccc56)cc4)c4[c-]c(ccc4)N2c2ccccc21)c1ccncc1N3C([2H])([2H])[2H]. The van der Waals surface area contributed by atoms with Crippen molar-refractivity contribution in [2.24, 2.45) is 0 Å². The maximum atomic E-state index is 9.00. The fraction of sp³-hybridized carbons (Fsp3) is 0.0667. The number of rotatable bonds is 2. The summed E-state index contributed by atoms with van der Waals surface area (Å²) in [5, 5.41) is 0. The van der Waals surface area contributed by atoms with Crippen LogP contribution in [0.25, 0.3) is 0 Å². The van der Waals surface area contributed by atoms with Gasteiger partial charge in [-0.05, 0) is 0 Å². The average Bonchev–Trinajstić information content (AvgIpc) is 1.73. The third kappa shape index (κ3) is 6.41. The van der Waals surface area contributed by atoms with Crippen LogP contribution >= 0.6 is 0 Å². The van der Waals surface area contributed by atoms with Crippen LogP contribution in [0.15, 0.2) is 183 Å². The van der Waals surface area contributed by atoms with Crippen LogP contribution in [0, 0.1) is 24.3 Å². The Labute approximate surface area is 462 Å². The Morgan fingerprint density at radius 2 is 0.595 bits per heavy atom. The number of nitrogens with zero attached hydrogens (tertiary/aromatic N) is 12. The second kappa shape index (κ2) is 16.6. The zero-order valence-corrected chi connectivity index (χ0v) is 42.9. The first-order chi connectivity index (χ1) is 41.2. The topological polar surface area (TPSA) is 58.2 Å². The van der Waals surface area contributed by atoms with Crippen molar-refractivity contribution in [1.82, 2.24) is 9.97 Å². The Hall–Kier alpha value is -8.30. The third-order valence-corrected chi connectivity index (χ3v) is 19.3. The molecule has 0 saturated carbocycles. The number of anilines is 18. The number of benzene rings is 7. The van der Waals surface area contributed by atoms with Gasteiger partial charge in [0, 0.05) is 0 Å². The Kier molecular flexibility index (Phi) is 7.34. The molecule has 0 amide bonds. The Morgan fingerprint density at radius 3 is 0.919 bits per heavy atom. The fourth-order valence-electron chi connectivity index (χ4n) is 9.99. The van der Waals surface area contributed by atoms with Crippen molar-refractivity contribution >= 4 is 119 Å². The fourth-order valence-corrected chi connectivity index (χ4v) is 16.2. The molecule has 12 nitrogen and oxygen atoms in total. The average molecular weight is 1330 g/mol. The molecular weight excluding hydrogens is 1280 g/mol. The van der Waals surface area contributed by atoms with Crippen LogP contribution in [0.1, 0.15) is 16.4 Å². The van der Waals surface area contributed by atoms with Crippen molar-refractivity contribution in [3.63, 3.8) is 0 Å². The molecule has 0 spiro atoms. The van der Waals surface area contributed by atoms with Gasteiger partial charge in [-0.15, -0.1) is 0 Å². The second-order valence-corrected chi connectivity index (χ2v) is 22.6. The van der Waals surface area contributed by atoms with E-state index in [1.54, 1.807) is 48.8 Å². The molecule has 0 unspecified atom stereocenters. The first kappa shape index (κ1) is 32.7. The van der Waals surface area contributed by atoms with Gasteiger partial charge in [-0.1, -0.05) is 0 Å². The molecule has 6 aliphatic heterocycles. The maximum absolute atomic E-state index is 9.00. The van der Waals surface area contributed by atoms with Gasteiger partial charge in [0.2, 0.25) is 0 Å². The quantitative estimate of drug-likeness (QED) is 0.155. The van der Waals surface area contributed by atoms with E-state index in [9.17, 15) is 0 Å². The number of hydrogen-bond acceptors (Lipinski definition) is 12. The van der Waals surface area contributed by atoms with Gasteiger partial charge < -0.3 is 0 Å². The van der Waals surface area contributed by atoms with Crippen LogP contribution in [0.5, 0.6) is 0 Å². The zero-order valence-electron chi connectivity index (χ0n) is 50.3. The normalized spacial score (nSPS) is 19.2. The summed E-state index contributed by atoms with van der Waals surface area (Å²) in [6, 6.07) is 63.2. The molecular formula is C60H42N12Pt2-4. The monoisotopic (exact) mass is 1330 g/mol. The van der Waals surface area contributed by atoms with Gasteiger partial charge in [0.05, 0.1) is 0 Å². The number of hydrogen-bond donors (Lipinski definition) is 0. The number of para-hydroxylation sites is 4. The molecule has 0 aliphatic carbocycles. The van der Waals surface area contributed by atoms with E-state index < -0.39 is 63.2 Å². The first-order valence-electron chi connectivity index (χ1n) is 29.1. The Bertz CT molecular complexity index is 3930. The molecule has 366 valence electrons. The van der Waals surface area contributed by atoms with Crippen LogP contribution in [0.2, 0.25) is 0 Å². The van der Waals surface area contributed by atoms with Crippen LogP contribution < -0.4 is 49.0 Å². The van der Waals surface area contributed by atoms with Crippen LogP contribution in [0.4, 0.5) is 102 Å². The van der Waals surface area contributed by atoms with Gasteiger partial charge in [-0.2, -0.15) is 0 Å². The zero-order chi connectivity index (χ0) is 59.3. The number of aromatic nitrogens is 2. The number of pyridine rings is 2. The Balaban J connectivity index is 0.929. The first-order valence-corrected chi connectivity index (χ1v) is 27.7. The van der Waals surface area contributed by atoms with E-state index in [2.05, 4.69) is 34.2 Å².